The Kier molecular flexibility index (Phi) is 3.74. The first-order chi connectivity index (χ1) is 6.43. The summed E-state index contributed by atoms with van der Waals surface area (Å²) in [4.78, 5) is 12.0. The summed E-state index contributed by atoms with van der Waals surface area (Å²) in [5.74, 6) is 3.20. The molecule has 4 atom stereocenters. The summed E-state index contributed by atoms with van der Waals surface area (Å²) in [7, 11) is 0. The topological polar surface area (TPSA) is 17.1 Å². The SMILES string of the molecule is CC(C)C(C)C1C(=O)C[C@H](C)C[C@H]1C. The summed E-state index contributed by atoms with van der Waals surface area (Å²) < 4.78 is 0. The Balaban J connectivity index is 2.72. The second kappa shape index (κ2) is 4.46. The van der Waals surface area contributed by atoms with Crippen LogP contribution in [-0.2, 0) is 4.79 Å². The number of rotatable bonds is 2. The van der Waals surface area contributed by atoms with Gasteiger partial charge in [-0.3, -0.25) is 4.79 Å². The molecule has 1 fully saturated rings. The van der Waals surface area contributed by atoms with Crippen LogP contribution < -0.4 is 0 Å². The van der Waals surface area contributed by atoms with Gasteiger partial charge in [0.15, 0.2) is 0 Å². The summed E-state index contributed by atoms with van der Waals surface area (Å²) in [6, 6.07) is 0. The van der Waals surface area contributed by atoms with Crippen LogP contribution >= 0.6 is 0 Å². The van der Waals surface area contributed by atoms with E-state index in [9.17, 15) is 4.79 Å². The molecule has 0 saturated heterocycles. The number of ketones is 1. The molecule has 2 unspecified atom stereocenters. The summed E-state index contributed by atoms with van der Waals surface area (Å²) >= 11 is 0. The highest BCUT2D eigenvalue weighted by atomic mass is 16.1. The van der Waals surface area contributed by atoms with Crippen LogP contribution in [0.5, 0.6) is 0 Å². The van der Waals surface area contributed by atoms with E-state index in [0.29, 0.717) is 35.4 Å². The van der Waals surface area contributed by atoms with Gasteiger partial charge in [0.25, 0.3) is 0 Å². The normalized spacial score (nSPS) is 36.1. The highest BCUT2D eigenvalue weighted by Crippen LogP contribution is 2.37. The van der Waals surface area contributed by atoms with Crippen LogP contribution in [0.25, 0.3) is 0 Å². The van der Waals surface area contributed by atoms with E-state index in [4.69, 9.17) is 0 Å². The molecule has 1 aliphatic carbocycles. The van der Waals surface area contributed by atoms with Crippen molar-refractivity contribution in [1.29, 1.82) is 0 Å². The average molecular weight is 196 g/mol. The Morgan fingerprint density at radius 3 is 2.21 bits per heavy atom. The molecule has 0 bridgehead atoms. The molecule has 0 heterocycles. The molecule has 82 valence electrons. The third-order valence-electron chi connectivity index (χ3n) is 3.93. The molecule has 0 spiro atoms. The first-order valence-electron chi connectivity index (χ1n) is 5.96. The van der Waals surface area contributed by atoms with E-state index in [2.05, 4.69) is 34.6 Å². The lowest BCUT2D eigenvalue weighted by molar-refractivity contribution is -0.130. The third-order valence-corrected chi connectivity index (χ3v) is 3.93. The fourth-order valence-electron chi connectivity index (χ4n) is 2.89. The minimum Gasteiger partial charge on any atom is -0.299 e. The standard InChI is InChI=1S/C13H24O/c1-8(2)11(5)13-10(4)6-9(3)7-12(13)14/h8-11,13H,6-7H2,1-5H3/t9-,10-,11?,13?/m1/s1. The van der Waals surface area contributed by atoms with E-state index < -0.39 is 0 Å². The number of hydrogen-bond donors (Lipinski definition) is 0. The van der Waals surface area contributed by atoms with Crippen LogP contribution in [0.3, 0.4) is 0 Å². The van der Waals surface area contributed by atoms with Crippen LogP contribution in [0, 0.1) is 29.6 Å². The first-order valence-corrected chi connectivity index (χ1v) is 5.96. The minimum atomic E-state index is 0.325. The van der Waals surface area contributed by atoms with Crippen molar-refractivity contribution in [1.82, 2.24) is 0 Å². The lowest BCUT2D eigenvalue weighted by Crippen LogP contribution is -2.36. The molecule has 0 N–H and O–H groups in total. The molecule has 1 aliphatic rings. The van der Waals surface area contributed by atoms with Gasteiger partial charge in [0.1, 0.15) is 5.78 Å². The lowest BCUT2D eigenvalue weighted by atomic mass is 9.67. The monoisotopic (exact) mass is 196 g/mol. The Morgan fingerprint density at radius 1 is 1.21 bits per heavy atom. The molecule has 0 radical (unpaired) electrons. The molecule has 1 saturated carbocycles. The summed E-state index contributed by atoms with van der Waals surface area (Å²) in [6.45, 7) is 11.1. The first kappa shape index (κ1) is 11.7. The quantitative estimate of drug-likeness (QED) is 0.660. The van der Waals surface area contributed by atoms with Crippen molar-refractivity contribution in [3.05, 3.63) is 0 Å². The largest absolute Gasteiger partial charge is 0.299 e. The van der Waals surface area contributed by atoms with Crippen molar-refractivity contribution in [2.45, 2.75) is 47.5 Å². The van der Waals surface area contributed by atoms with Crippen molar-refractivity contribution in [3.63, 3.8) is 0 Å². The summed E-state index contributed by atoms with van der Waals surface area (Å²) in [6.07, 6.45) is 2.04. The molecule has 1 heteroatoms. The Hall–Kier alpha value is -0.330. The Bertz CT molecular complexity index is 207. The predicted molar refractivity (Wildman–Crippen MR) is 60.1 cm³/mol. The zero-order valence-electron chi connectivity index (χ0n) is 10.2. The van der Waals surface area contributed by atoms with Gasteiger partial charge in [0.05, 0.1) is 0 Å². The second-order valence-electron chi connectivity index (χ2n) is 5.62. The van der Waals surface area contributed by atoms with E-state index in [1.165, 1.54) is 6.42 Å². The van der Waals surface area contributed by atoms with Gasteiger partial charge in [-0.2, -0.15) is 0 Å². The molecular formula is C13H24O. The van der Waals surface area contributed by atoms with Crippen molar-refractivity contribution in [3.8, 4) is 0 Å². The van der Waals surface area contributed by atoms with E-state index >= 15 is 0 Å². The second-order valence-corrected chi connectivity index (χ2v) is 5.62. The van der Waals surface area contributed by atoms with Crippen molar-refractivity contribution >= 4 is 5.78 Å². The fraction of sp³-hybridized carbons (Fsp3) is 0.923. The number of Topliss-reactive ketones (excluding diaryl/α,β-unsaturated/α-hetero) is 1. The van der Waals surface area contributed by atoms with E-state index in [1.807, 2.05) is 0 Å². The molecule has 0 aliphatic heterocycles. The zero-order chi connectivity index (χ0) is 10.9. The van der Waals surface area contributed by atoms with Crippen molar-refractivity contribution in [2.24, 2.45) is 29.6 Å². The van der Waals surface area contributed by atoms with Gasteiger partial charge < -0.3 is 0 Å². The van der Waals surface area contributed by atoms with Crippen LogP contribution in [0.1, 0.15) is 47.5 Å². The predicted octanol–water partition coefficient (Wildman–Crippen LogP) is 3.53. The Morgan fingerprint density at radius 2 is 1.79 bits per heavy atom. The fourth-order valence-corrected chi connectivity index (χ4v) is 2.89. The summed E-state index contributed by atoms with van der Waals surface area (Å²) in [5.41, 5.74) is 0. The highest BCUT2D eigenvalue weighted by molar-refractivity contribution is 5.82. The molecule has 0 aromatic heterocycles. The molecular weight excluding hydrogens is 172 g/mol. The van der Waals surface area contributed by atoms with E-state index in [0.717, 1.165) is 6.42 Å². The van der Waals surface area contributed by atoms with Gasteiger partial charge in [0.2, 0.25) is 0 Å². The van der Waals surface area contributed by atoms with Crippen molar-refractivity contribution < 1.29 is 4.79 Å². The van der Waals surface area contributed by atoms with E-state index in [-0.39, 0.29) is 0 Å². The van der Waals surface area contributed by atoms with Gasteiger partial charge in [-0.25, -0.2) is 0 Å². The maximum absolute atomic E-state index is 12.0. The number of carbonyl (C=O) groups is 1. The van der Waals surface area contributed by atoms with Crippen LogP contribution in [0.4, 0.5) is 0 Å². The maximum atomic E-state index is 12.0. The van der Waals surface area contributed by atoms with Gasteiger partial charge in [-0.1, -0.05) is 34.6 Å². The van der Waals surface area contributed by atoms with Gasteiger partial charge in [0, 0.05) is 12.3 Å². The average Bonchev–Trinajstić information content (AvgIpc) is 2.01. The highest BCUT2D eigenvalue weighted by Gasteiger charge is 2.36. The van der Waals surface area contributed by atoms with Crippen LogP contribution in [0.2, 0.25) is 0 Å². The van der Waals surface area contributed by atoms with Crippen LogP contribution in [-0.4, -0.2) is 5.78 Å². The van der Waals surface area contributed by atoms with Crippen molar-refractivity contribution in [2.75, 3.05) is 0 Å². The molecule has 1 rings (SSSR count). The molecule has 14 heavy (non-hydrogen) atoms. The molecule has 1 nitrogen and oxygen atoms in total. The number of carbonyl (C=O) groups excluding carboxylic acids is 1. The Labute approximate surface area is 88.3 Å². The molecule has 0 amide bonds. The zero-order valence-corrected chi connectivity index (χ0v) is 10.2. The lowest BCUT2D eigenvalue weighted by Gasteiger charge is -2.36. The minimum absolute atomic E-state index is 0.325. The number of hydrogen-bond acceptors (Lipinski definition) is 1. The van der Waals surface area contributed by atoms with Crippen LogP contribution in [0.15, 0.2) is 0 Å². The van der Waals surface area contributed by atoms with E-state index in [1.54, 1.807) is 0 Å². The van der Waals surface area contributed by atoms with Gasteiger partial charge >= 0.3 is 0 Å². The van der Waals surface area contributed by atoms with Gasteiger partial charge in [-0.15, -0.1) is 0 Å². The summed E-state index contributed by atoms with van der Waals surface area (Å²) in [5, 5.41) is 0. The smallest absolute Gasteiger partial charge is 0.136 e. The van der Waals surface area contributed by atoms with Gasteiger partial charge in [-0.05, 0) is 30.1 Å². The molecule has 0 aromatic carbocycles. The molecule has 0 aromatic rings. The maximum Gasteiger partial charge on any atom is 0.136 e. The third kappa shape index (κ3) is 2.37.